The largest absolute Gasteiger partial charge is 0.465 e. The van der Waals surface area contributed by atoms with Crippen LogP contribution in [0.25, 0.3) is 10.9 Å². The van der Waals surface area contributed by atoms with Gasteiger partial charge in [-0.05, 0) is 78.9 Å². The van der Waals surface area contributed by atoms with Crippen molar-refractivity contribution < 1.29 is 14.3 Å². The smallest absolute Gasteiger partial charge is 0.337 e. The number of fused-ring (bicyclic) bond motifs is 1. The van der Waals surface area contributed by atoms with Crippen molar-refractivity contribution in [1.82, 2.24) is 9.97 Å². The molecule has 1 heterocycles. The van der Waals surface area contributed by atoms with Crippen LogP contribution in [0.1, 0.15) is 10.4 Å². The molecule has 190 valence electrons. The average Bonchev–Trinajstić information content (AvgIpc) is 2.94. The molecule has 0 amide bonds. The fraction of sp³-hybridized carbons (Fsp3) is 0.100. The summed E-state index contributed by atoms with van der Waals surface area (Å²) >= 11 is 0. The summed E-state index contributed by atoms with van der Waals surface area (Å²) in [5.41, 5.74) is 3.89. The highest BCUT2D eigenvalue weighted by atomic mass is 16.5. The second kappa shape index (κ2) is 10.9. The molecule has 4 aromatic carbocycles. The number of nitrogens with zero attached hydrogens (tertiary/aromatic N) is 3. The Morgan fingerprint density at radius 3 is 2.11 bits per heavy atom. The van der Waals surface area contributed by atoms with Crippen LogP contribution < -0.4 is 20.3 Å². The predicted molar refractivity (Wildman–Crippen MR) is 151 cm³/mol. The first-order valence-electron chi connectivity index (χ1n) is 12.0. The molecule has 8 heteroatoms. The lowest BCUT2D eigenvalue weighted by Crippen LogP contribution is -2.09. The lowest BCUT2D eigenvalue weighted by Gasteiger charge is -2.16. The zero-order valence-corrected chi connectivity index (χ0v) is 21.3. The number of ether oxygens (including phenoxy) is 2. The molecule has 0 spiro atoms. The summed E-state index contributed by atoms with van der Waals surface area (Å²) < 4.78 is 10.7. The van der Waals surface area contributed by atoms with Gasteiger partial charge in [-0.1, -0.05) is 18.2 Å². The number of carbonyl (C=O) groups excluding carboxylic acids is 1. The minimum absolute atomic E-state index is 0.383. The van der Waals surface area contributed by atoms with Gasteiger partial charge < -0.3 is 25.0 Å². The molecule has 0 saturated carbocycles. The Balaban J connectivity index is 1.43. The minimum Gasteiger partial charge on any atom is -0.465 e. The average molecular weight is 506 g/mol. The van der Waals surface area contributed by atoms with Crippen LogP contribution >= 0.6 is 0 Å². The molecule has 5 aromatic rings. The molecule has 0 aliphatic heterocycles. The van der Waals surface area contributed by atoms with Gasteiger partial charge in [-0.3, -0.25) is 0 Å². The number of anilines is 5. The van der Waals surface area contributed by atoms with Gasteiger partial charge >= 0.3 is 5.97 Å². The molecule has 0 bridgehead atoms. The van der Waals surface area contributed by atoms with Crippen molar-refractivity contribution in [2.75, 3.05) is 36.7 Å². The number of hydrogen-bond donors (Lipinski definition) is 2. The molecule has 0 saturated heterocycles. The standard InChI is InChI=1S/C30H27N5O3/c1-35(2)23-15-18-27-26(19-23)28(31-21-11-9-20(10-12-21)29(36)37-3)34-30(33-27)32-22-13-16-25(17-14-22)38-24-7-5-4-6-8-24/h4-19H,1-3H3,(H2,31,32,33,34). The van der Waals surface area contributed by atoms with E-state index in [2.05, 4.69) is 10.6 Å². The van der Waals surface area contributed by atoms with Gasteiger partial charge in [0.2, 0.25) is 5.95 Å². The maximum atomic E-state index is 11.8. The molecule has 0 aliphatic carbocycles. The molecule has 38 heavy (non-hydrogen) atoms. The number of methoxy groups -OCH3 is 1. The monoisotopic (exact) mass is 505 g/mol. The summed E-state index contributed by atoms with van der Waals surface area (Å²) in [6.07, 6.45) is 0. The van der Waals surface area contributed by atoms with Gasteiger partial charge in [0.25, 0.3) is 0 Å². The quantitative estimate of drug-likeness (QED) is 0.224. The van der Waals surface area contributed by atoms with E-state index in [0.29, 0.717) is 17.3 Å². The Labute approximate surface area is 220 Å². The highest BCUT2D eigenvalue weighted by Crippen LogP contribution is 2.30. The number of carbonyl (C=O) groups is 1. The molecule has 8 nitrogen and oxygen atoms in total. The SMILES string of the molecule is COC(=O)c1ccc(Nc2nc(Nc3ccc(Oc4ccccc4)cc3)nc3ccc(N(C)C)cc23)cc1. The van der Waals surface area contributed by atoms with Gasteiger partial charge in [-0.25, -0.2) is 9.78 Å². The van der Waals surface area contributed by atoms with Crippen LogP contribution in [0.3, 0.4) is 0 Å². The van der Waals surface area contributed by atoms with E-state index in [4.69, 9.17) is 19.4 Å². The normalized spacial score (nSPS) is 10.6. The lowest BCUT2D eigenvalue weighted by atomic mass is 10.2. The highest BCUT2D eigenvalue weighted by molar-refractivity contribution is 5.95. The molecule has 0 radical (unpaired) electrons. The number of esters is 1. The second-order valence-electron chi connectivity index (χ2n) is 8.75. The van der Waals surface area contributed by atoms with Crippen LogP contribution in [0.4, 0.5) is 28.8 Å². The number of hydrogen-bond acceptors (Lipinski definition) is 8. The maximum absolute atomic E-state index is 11.8. The Hall–Kier alpha value is -5.11. The molecular formula is C30H27N5O3. The third-order valence-electron chi connectivity index (χ3n) is 5.85. The van der Waals surface area contributed by atoms with E-state index in [0.717, 1.165) is 39.5 Å². The molecule has 0 aliphatic rings. The van der Waals surface area contributed by atoms with E-state index >= 15 is 0 Å². The molecular weight excluding hydrogens is 478 g/mol. The number of nitrogens with one attached hydrogen (secondary N) is 2. The highest BCUT2D eigenvalue weighted by Gasteiger charge is 2.12. The van der Waals surface area contributed by atoms with E-state index in [1.165, 1.54) is 7.11 Å². The van der Waals surface area contributed by atoms with Crippen molar-refractivity contribution in [3.8, 4) is 11.5 Å². The van der Waals surface area contributed by atoms with Crippen molar-refractivity contribution in [2.24, 2.45) is 0 Å². The zero-order chi connectivity index (χ0) is 26.5. The van der Waals surface area contributed by atoms with Gasteiger partial charge in [0.05, 0.1) is 18.2 Å². The Bertz CT molecular complexity index is 1550. The molecule has 0 atom stereocenters. The van der Waals surface area contributed by atoms with E-state index in [-0.39, 0.29) is 5.97 Å². The first-order chi connectivity index (χ1) is 18.5. The maximum Gasteiger partial charge on any atom is 0.337 e. The van der Waals surface area contributed by atoms with E-state index in [1.54, 1.807) is 12.1 Å². The summed E-state index contributed by atoms with van der Waals surface area (Å²) in [4.78, 5) is 23.4. The number of benzene rings is 4. The third kappa shape index (κ3) is 5.65. The van der Waals surface area contributed by atoms with Crippen LogP contribution in [0, 0.1) is 0 Å². The Morgan fingerprint density at radius 2 is 1.42 bits per heavy atom. The van der Waals surface area contributed by atoms with Crippen molar-refractivity contribution in [3.63, 3.8) is 0 Å². The molecule has 5 rings (SSSR count). The summed E-state index contributed by atoms with van der Waals surface area (Å²) in [5.74, 6) is 2.21. The van der Waals surface area contributed by atoms with E-state index in [9.17, 15) is 4.79 Å². The van der Waals surface area contributed by atoms with Crippen molar-refractivity contribution in [1.29, 1.82) is 0 Å². The van der Waals surface area contributed by atoms with E-state index in [1.807, 2.05) is 104 Å². The van der Waals surface area contributed by atoms with Crippen molar-refractivity contribution in [3.05, 3.63) is 103 Å². The van der Waals surface area contributed by atoms with Crippen LogP contribution in [0.2, 0.25) is 0 Å². The number of rotatable bonds is 8. The van der Waals surface area contributed by atoms with Crippen LogP contribution in [0.15, 0.2) is 97.1 Å². The molecule has 2 N–H and O–H groups in total. The first kappa shape index (κ1) is 24.6. The van der Waals surface area contributed by atoms with Gasteiger partial charge in [-0.15, -0.1) is 0 Å². The van der Waals surface area contributed by atoms with Crippen LogP contribution in [0.5, 0.6) is 11.5 Å². The lowest BCUT2D eigenvalue weighted by molar-refractivity contribution is 0.0600. The van der Waals surface area contributed by atoms with Crippen molar-refractivity contribution in [2.45, 2.75) is 0 Å². The summed E-state index contributed by atoms with van der Waals surface area (Å²) in [6.45, 7) is 0. The molecule has 0 fully saturated rings. The fourth-order valence-electron chi connectivity index (χ4n) is 3.85. The second-order valence-corrected chi connectivity index (χ2v) is 8.75. The minimum atomic E-state index is -0.383. The van der Waals surface area contributed by atoms with Gasteiger partial charge in [0.15, 0.2) is 0 Å². The van der Waals surface area contributed by atoms with Crippen LogP contribution in [-0.4, -0.2) is 37.1 Å². The summed E-state index contributed by atoms with van der Waals surface area (Å²) in [5, 5.41) is 7.54. The first-order valence-corrected chi connectivity index (χ1v) is 12.0. The predicted octanol–water partition coefficient (Wildman–Crippen LogP) is 6.76. The Kier molecular flexibility index (Phi) is 7.04. The van der Waals surface area contributed by atoms with Crippen molar-refractivity contribution >= 4 is 45.7 Å². The summed E-state index contributed by atoms with van der Waals surface area (Å²) in [6, 6.07) is 30.3. The number of para-hydroxylation sites is 1. The third-order valence-corrected chi connectivity index (χ3v) is 5.85. The summed E-state index contributed by atoms with van der Waals surface area (Å²) in [7, 11) is 5.34. The van der Waals surface area contributed by atoms with E-state index < -0.39 is 0 Å². The van der Waals surface area contributed by atoms with Gasteiger partial charge in [0, 0.05) is 36.5 Å². The fourth-order valence-corrected chi connectivity index (χ4v) is 3.85. The molecule has 0 unspecified atom stereocenters. The zero-order valence-electron chi connectivity index (χ0n) is 21.3. The van der Waals surface area contributed by atoms with Gasteiger partial charge in [-0.2, -0.15) is 4.98 Å². The Morgan fingerprint density at radius 1 is 0.763 bits per heavy atom. The van der Waals surface area contributed by atoms with Gasteiger partial charge in [0.1, 0.15) is 17.3 Å². The number of aromatic nitrogens is 2. The topological polar surface area (TPSA) is 88.6 Å². The molecule has 1 aromatic heterocycles. The van der Waals surface area contributed by atoms with Crippen LogP contribution in [-0.2, 0) is 4.74 Å².